The second-order valence-corrected chi connectivity index (χ2v) is 9.55. The van der Waals surface area contributed by atoms with E-state index in [0.717, 1.165) is 17.3 Å². The normalized spacial score (nSPS) is 12.3. The average Bonchev–Trinajstić information content (AvgIpc) is 3.32. The third-order valence-electron chi connectivity index (χ3n) is 5.05. The number of ether oxygens (including phenoxy) is 2. The number of fused-ring (bicyclic) bond motifs is 1. The Hall–Kier alpha value is -3.54. The lowest BCUT2D eigenvalue weighted by atomic mass is 10.1. The van der Waals surface area contributed by atoms with Gasteiger partial charge in [0.1, 0.15) is 33.5 Å². The minimum absolute atomic E-state index is 0.0346. The summed E-state index contributed by atoms with van der Waals surface area (Å²) in [4.78, 5) is 13.3. The molecule has 0 radical (unpaired) electrons. The molecule has 0 aliphatic heterocycles. The predicted molar refractivity (Wildman–Crippen MR) is 130 cm³/mol. The van der Waals surface area contributed by atoms with E-state index in [9.17, 15) is 13.2 Å². The second kappa shape index (κ2) is 10.2. The molecule has 176 valence electrons. The molecule has 1 aromatic heterocycles. The molecule has 2 N–H and O–H groups in total. The minimum atomic E-state index is -4.10. The molecule has 11 heteroatoms. The summed E-state index contributed by atoms with van der Waals surface area (Å²) in [7, 11) is -1.09. The van der Waals surface area contributed by atoms with E-state index in [1.807, 2.05) is 30.3 Å². The monoisotopic (exact) mass is 498 g/mol. The number of anilines is 1. The van der Waals surface area contributed by atoms with Gasteiger partial charge < -0.3 is 14.8 Å². The van der Waals surface area contributed by atoms with E-state index in [1.54, 1.807) is 30.3 Å². The van der Waals surface area contributed by atoms with Gasteiger partial charge in [-0.25, -0.2) is 8.42 Å². The first-order chi connectivity index (χ1) is 16.4. The molecule has 3 aromatic carbocycles. The maximum absolute atomic E-state index is 13.3. The molecule has 0 saturated heterocycles. The van der Waals surface area contributed by atoms with Crippen LogP contribution in [0.1, 0.15) is 5.56 Å². The van der Waals surface area contributed by atoms with Crippen molar-refractivity contribution in [3.05, 3.63) is 72.3 Å². The van der Waals surface area contributed by atoms with Gasteiger partial charge in [-0.2, -0.15) is 13.5 Å². The van der Waals surface area contributed by atoms with Gasteiger partial charge in [0, 0.05) is 23.9 Å². The number of benzene rings is 3. The van der Waals surface area contributed by atoms with Crippen LogP contribution < -0.4 is 19.5 Å². The molecule has 1 amide bonds. The van der Waals surface area contributed by atoms with Crippen molar-refractivity contribution in [2.75, 3.05) is 19.5 Å². The molecule has 9 nitrogen and oxygen atoms in total. The molecule has 0 bridgehead atoms. The highest BCUT2D eigenvalue weighted by atomic mass is 32.2. The molecule has 4 aromatic rings. The quantitative estimate of drug-likeness (QED) is 0.364. The number of carbonyl (C=O) groups excluding carboxylic acids is 1. The Labute approximate surface area is 201 Å². The molecule has 0 saturated carbocycles. The highest BCUT2D eigenvalue weighted by Crippen LogP contribution is 2.26. The van der Waals surface area contributed by atoms with Gasteiger partial charge in [0.2, 0.25) is 15.9 Å². The summed E-state index contributed by atoms with van der Waals surface area (Å²) < 4.78 is 47.9. The summed E-state index contributed by atoms with van der Waals surface area (Å²) in [5, 5.41) is 2.77. The number of amides is 1. The van der Waals surface area contributed by atoms with E-state index in [2.05, 4.69) is 18.8 Å². The van der Waals surface area contributed by atoms with Crippen LogP contribution >= 0.6 is 11.7 Å². The minimum Gasteiger partial charge on any atom is -0.497 e. The number of rotatable bonds is 9. The van der Waals surface area contributed by atoms with Gasteiger partial charge >= 0.3 is 0 Å². The molecule has 0 aliphatic rings. The van der Waals surface area contributed by atoms with Crippen molar-refractivity contribution in [2.45, 2.75) is 17.4 Å². The number of aromatic nitrogens is 2. The Morgan fingerprint density at radius 3 is 2.35 bits per heavy atom. The van der Waals surface area contributed by atoms with Crippen LogP contribution in [-0.4, -0.2) is 43.3 Å². The summed E-state index contributed by atoms with van der Waals surface area (Å²) in [6.07, 6.45) is 0.137. The van der Waals surface area contributed by atoms with Gasteiger partial charge in [-0.1, -0.05) is 36.4 Å². The molecule has 34 heavy (non-hydrogen) atoms. The number of hydrogen-bond donors (Lipinski definition) is 2. The predicted octanol–water partition coefficient (Wildman–Crippen LogP) is 3.24. The van der Waals surface area contributed by atoms with Gasteiger partial charge in [0.15, 0.2) is 0 Å². The molecule has 1 atom stereocenters. The van der Waals surface area contributed by atoms with Crippen LogP contribution in [0.15, 0.2) is 71.6 Å². The molecular weight excluding hydrogens is 476 g/mol. The van der Waals surface area contributed by atoms with Crippen LogP contribution in [0, 0.1) is 0 Å². The Morgan fingerprint density at radius 1 is 0.971 bits per heavy atom. The number of nitrogens with one attached hydrogen (secondary N) is 2. The van der Waals surface area contributed by atoms with Gasteiger partial charge in [-0.05, 0) is 24.1 Å². The van der Waals surface area contributed by atoms with Crippen molar-refractivity contribution in [1.82, 2.24) is 13.5 Å². The summed E-state index contributed by atoms with van der Waals surface area (Å²) in [6, 6.07) is 17.7. The van der Waals surface area contributed by atoms with Gasteiger partial charge in [-0.3, -0.25) is 4.79 Å². The second-order valence-electron chi connectivity index (χ2n) is 7.34. The Kier molecular flexibility index (Phi) is 7.06. The molecule has 4 rings (SSSR count). The topological polar surface area (TPSA) is 120 Å². The Bertz CT molecular complexity index is 1390. The van der Waals surface area contributed by atoms with E-state index < -0.39 is 22.0 Å². The molecule has 0 spiro atoms. The summed E-state index contributed by atoms with van der Waals surface area (Å²) >= 11 is 0.924. The van der Waals surface area contributed by atoms with Crippen molar-refractivity contribution in [3.63, 3.8) is 0 Å². The number of sulfonamides is 1. The van der Waals surface area contributed by atoms with Crippen LogP contribution in [0.25, 0.3) is 11.0 Å². The first kappa shape index (κ1) is 23.6. The summed E-state index contributed by atoms with van der Waals surface area (Å²) in [5.74, 6) is 0.432. The number of carbonyl (C=O) groups is 1. The van der Waals surface area contributed by atoms with E-state index >= 15 is 0 Å². The highest BCUT2D eigenvalue weighted by Gasteiger charge is 2.28. The maximum atomic E-state index is 13.3. The van der Waals surface area contributed by atoms with Crippen molar-refractivity contribution in [1.29, 1.82) is 0 Å². The average molecular weight is 499 g/mol. The smallest absolute Gasteiger partial charge is 0.243 e. The summed E-state index contributed by atoms with van der Waals surface area (Å²) in [6.45, 7) is 0. The summed E-state index contributed by atoms with van der Waals surface area (Å²) in [5.41, 5.74) is 1.93. The Balaban J connectivity index is 1.65. The van der Waals surface area contributed by atoms with Gasteiger partial charge in [0.05, 0.1) is 25.9 Å². The standard InChI is InChI=1S/C23H22N4O5S2/c1-31-17-12-16(13-18(14-17)32-2)24-23(28)20(11-15-7-4-3-5-8-15)27-34(29,30)21-10-6-9-19-22(21)26-33-25-19/h3-10,12-14,20,27H,11H2,1-2H3,(H,24,28)/t20-/m0/s1. The fourth-order valence-corrected chi connectivity index (χ4v) is 5.36. The van der Waals surface area contributed by atoms with Crippen LogP contribution in [0.2, 0.25) is 0 Å². The lowest BCUT2D eigenvalue weighted by Gasteiger charge is -2.19. The van der Waals surface area contributed by atoms with E-state index in [0.29, 0.717) is 22.7 Å². The molecule has 1 heterocycles. The Morgan fingerprint density at radius 2 is 1.68 bits per heavy atom. The lowest BCUT2D eigenvalue weighted by Crippen LogP contribution is -2.45. The molecular formula is C23H22N4O5S2. The SMILES string of the molecule is COc1cc(NC(=O)[C@H](Cc2ccccc2)NS(=O)(=O)c2cccc3nsnc23)cc(OC)c1. The van der Waals surface area contributed by atoms with Crippen LogP contribution in [0.4, 0.5) is 5.69 Å². The molecule has 0 aliphatic carbocycles. The van der Waals surface area contributed by atoms with Crippen molar-refractivity contribution in [3.8, 4) is 11.5 Å². The van der Waals surface area contributed by atoms with Crippen molar-refractivity contribution >= 4 is 44.4 Å². The maximum Gasteiger partial charge on any atom is 0.243 e. The van der Waals surface area contributed by atoms with E-state index in [1.165, 1.54) is 20.3 Å². The van der Waals surface area contributed by atoms with Gasteiger partial charge in [-0.15, -0.1) is 0 Å². The molecule has 0 fully saturated rings. The lowest BCUT2D eigenvalue weighted by molar-refractivity contribution is -0.117. The zero-order chi connectivity index (χ0) is 24.1. The fraction of sp³-hybridized carbons (Fsp3) is 0.174. The van der Waals surface area contributed by atoms with Gasteiger partial charge in [0.25, 0.3) is 0 Å². The van der Waals surface area contributed by atoms with Crippen LogP contribution in [-0.2, 0) is 21.2 Å². The van der Waals surface area contributed by atoms with Crippen LogP contribution in [0.5, 0.6) is 11.5 Å². The van der Waals surface area contributed by atoms with E-state index in [-0.39, 0.29) is 16.8 Å². The first-order valence-corrected chi connectivity index (χ1v) is 12.4. The van der Waals surface area contributed by atoms with E-state index in [4.69, 9.17) is 9.47 Å². The highest BCUT2D eigenvalue weighted by molar-refractivity contribution is 7.89. The molecule has 0 unspecified atom stereocenters. The zero-order valence-corrected chi connectivity index (χ0v) is 20.0. The largest absolute Gasteiger partial charge is 0.497 e. The first-order valence-electron chi connectivity index (χ1n) is 10.2. The van der Waals surface area contributed by atoms with Crippen molar-refractivity contribution < 1.29 is 22.7 Å². The van der Waals surface area contributed by atoms with Crippen molar-refractivity contribution in [2.24, 2.45) is 0 Å². The number of hydrogen-bond acceptors (Lipinski definition) is 8. The number of nitrogens with zero attached hydrogens (tertiary/aromatic N) is 2. The number of methoxy groups -OCH3 is 2. The fourth-order valence-electron chi connectivity index (χ4n) is 3.40. The van der Waals surface area contributed by atoms with Crippen LogP contribution in [0.3, 0.4) is 0 Å². The third-order valence-corrected chi connectivity index (χ3v) is 7.10. The zero-order valence-electron chi connectivity index (χ0n) is 18.4. The third kappa shape index (κ3) is 5.33.